The van der Waals surface area contributed by atoms with Crippen LogP contribution in [0.25, 0.3) is 0 Å². The van der Waals surface area contributed by atoms with Crippen LogP contribution < -0.4 is 4.90 Å². The van der Waals surface area contributed by atoms with E-state index in [0.29, 0.717) is 11.3 Å². The van der Waals surface area contributed by atoms with Crippen LogP contribution in [0.4, 0.5) is 10.1 Å². The molecule has 2 rings (SSSR count). The Balaban J connectivity index is 2.26. The number of carbonyl (C=O) groups is 1. The van der Waals surface area contributed by atoms with Gasteiger partial charge >= 0.3 is 0 Å². The number of Topliss-reactive ketones (excluding diaryl/α,β-unsaturated/α-hetero) is 1. The number of halogens is 1. The molecule has 0 unspecified atom stereocenters. The zero-order chi connectivity index (χ0) is 14.2. The van der Waals surface area contributed by atoms with Gasteiger partial charge < -0.3 is 4.90 Å². The van der Waals surface area contributed by atoms with Crippen molar-refractivity contribution >= 4 is 11.5 Å². The number of carbonyl (C=O) groups excluding carboxylic acids is 1. The van der Waals surface area contributed by atoms with E-state index >= 15 is 0 Å². The first-order chi connectivity index (χ1) is 8.81. The van der Waals surface area contributed by atoms with Crippen molar-refractivity contribution in [2.24, 2.45) is 0 Å². The zero-order valence-electron chi connectivity index (χ0n) is 12.0. The van der Waals surface area contributed by atoms with Crippen molar-refractivity contribution in [1.82, 2.24) is 4.90 Å². The molecule has 1 saturated heterocycles. The monoisotopic (exact) mass is 264 g/mol. The molecule has 0 amide bonds. The maximum absolute atomic E-state index is 14.1. The van der Waals surface area contributed by atoms with Crippen molar-refractivity contribution in [3.63, 3.8) is 0 Å². The number of rotatable bonds is 2. The Morgan fingerprint density at radius 3 is 2.53 bits per heavy atom. The second kappa shape index (κ2) is 4.93. The minimum absolute atomic E-state index is 0.0178. The molecule has 0 radical (unpaired) electrons. The third kappa shape index (κ3) is 2.78. The summed E-state index contributed by atoms with van der Waals surface area (Å²) in [5, 5.41) is 0. The summed E-state index contributed by atoms with van der Waals surface area (Å²) in [4.78, 5) is 15.6. The van der Waals surface area contributed by atoms with Gasteiger partial charge in [0.1, 0.15) is 5.82 Å². The normalized spacial score (nSPS) is 19.5. The molecular formula is C15H21FN2O. The van der Waals surface area contributed by atoms with Crippen LogP contribution in [0.1, 0.15) is 31.1 Å². The molecule has 0 aliphatic carbocycles. The summed E-state index contributed by atoms with van der Waals surface area (Å²) in [5.41, 5.74) is 1.03. The van der Waals surface area contributed by atoms with Gasteiger partial charge in [-0.05, 0) is 46.0 Å². The Morgan fingerprint density at radius 1 is 1.32 bits per heavy atom. The third-order valence-corrected chi connectivity index (χ3v) is 4.01. The Morgan fingerprint density at radius 2 is 2.00 bits per heavy atom. The van der Waals surface area contributed by atoms with Crippen LogP contribution >= 0.6 is 0 Å². The summed E-state index contributed by atoms with van der Waals surface area (Å²) in [6, 6.07) is 4.75. The van der Waals surface area contributed by atoms with E-state index in [9.17, 15) is 9.18 Å². The van der Waals surface area contributed by atoms with Crippen LogP contribution in [-0.4, -0.2) is 42.9 Å². The number of ketones is 1. The Kier molecular flexibility index (Phi) is 3.63. The predicted octanol–water partition coefficient (Wildman–Crippen LogP) is 2.56. The van der Waals surface area contributed by atoms with E-state index in [-0.39, 0.29) is 17.1 Å². The minimum atomic E-state index is -0.312. The maximum atomic E-state index is 14.1. The van der Waals surface area contributed by atoms with Gasteiger partial charge in [0, 0.05) is 30.7 Å². The molecular weight excluding hydrogens is 243 g/mol. The molecule has 1 aromatic carbocycles. The van der Waals surface area contributed by atoms with E-state index < -0.39 is 0 Å². The molecule has 0 aromatic heterocycles. The van der Waals surface area contributed by atoms with Crippen molar-refractivity contribution in [3.8, 4) is 0 Å². The molecule has 0 bridgehead atoms. The topological polar surface area (TPSA) is 23.6 Å². The molecule has 0 spiro atoms. The van der Waals surface area contributed by atoms with Gasteiger partial charge in [-0.3, -0.25) is 9.69 Å². The molecule has 0 atom stereocenters. The molecule has 1 aromatic rings. The van der Waals surface area contributed by atoms with E-state index in [1.807, 2.05) is 0 Å². The average molecular weight is 264 g/mol. The summed E-state index contributed by atoms with van der Waals surface area (Å²) in [6.45, 7) is 8.24. The van der Waals surface area contributed by atoms with Crippen molar-refractivity contribution in [1.29, 1.82) is 0 Å². The van der Waals surface area contributed by atoms with E-state index in [1.165, 1.54) is 13.0 Å². The van der Waals surface area contributed by atoms with Crippen LogP contribution in [0.5, 0.6) is 0 Å². The van der Waals surface area contributed by atoms with Crippen LogP contribution in [0, 0.1) is 5.82 Å². The molecule has 19 heavy (non-hydrogen) atoms. The van der Waals surface area contributed by atoms with Gasteiger partial charge in [-0.1, -0.05) is 0 Å². The van der Waals surface area contributed by atoms with E-state index in [0.717, 1.165) is 19.6 Å². The highest BCUT2D eigenvalue weighted by atomic mass is 19.1. The largest absolute Gasteiger partial charge is 0.366 e. The van der Waals surface area contributed by atoms with E-state index in [1.54, 1.807) is 12.1 Å². The maximum Gasteiger partial charge on any atom is 0.159 e. The highest BCUT2D eigenvalue weighted by Gasteiger charge is 2.32. The van der Waals surface area contributed by atoms with Gasteiger partial charge in [-0.25, -0.2) is 4.39 Å². The van der Waals surface area contributed by atoms with Crippen LogP contribution in [0.15, 0.2) is 18.2 Å². The summed E-state index contributed by atoms with van der Waals surface area (Å²) >= 11 is 0. The second-order valence-electron chi connectivity index (χ2n) is 5.88. The molecule has 0 saturated carbocycles. The van der Waals surface area contributed by atoms with Gasteiger partial charge in [-0.2, -0.15) is 0 Å². The SMILES string of the molecule is CC(=O)c1ccc(N2CCN(C)C(C)(C)C2)c(F)c1. The fourth-order valence-corrected chi connectivity index (χ4v) is 2.43. The van der Waals surface area contributed by atoms with Gasteiger partial charge in [0.25, 0.3) is 0 Å². The lowest BCUT2D eigenvalue weighted by Crippen LogP contribution is -2.57. The summed E-state index contributed by atoms with van der Waals surface area (Å²) in [6.07, 6.45) is 0. The van der Waals surface area contributed by atoms with Crippen LogP contribution in [0.3, 0.4) is 0 Å². The van der Waals surface area contributed by atoms with Gasteiger partial charge in [-0.15, -0.1) is 0 Å². The Bertz CT molecular complexity index is 499. The van der Waals surface area contributed by atoms with Crippen molar-refractivity contribution < 1.29 is 9.18 Å². The van der Waals surface area contributed by atoms with Crippen molar-refractivity contribution in [3.05, 3.63) is 29.6 Å². The number of hydrogen-bond acceptors (Lipinski definition) is 3. The molecule has 4 heteroatoms. The Hall–Kier alpha value is -1.42. The molecule has 1 fully saturated rings. The first-order valence-electron chi connectivity index (χ1n) is 6.58. The molecule has 1 aliphatic heterocycles. The number of anilines is 1. The highest BCUT2D eigenvalue weighted by Crippen LogP contribution is 2.27. The summed E-state index contributed by atoms with van der Waals surface area (Å²) in [5.74, 6) is -0.419. The number of benzene rings is 1. The molecule has 0 N–H and O–H groups in total. The number of hydrogen-bond donors (Lipinski definition) is 0. The number of likely N-dealkylation sites (N-methyl/N-ethyl adjacent to an activating group) is 1. The number of piperazine rings is 1. The number of nitrogens with zero attached hydrogens (tertiary/aromatic N) is 2. The smallest absolute Gasteiger partial charge is 0.159 e. The average Bonchev–Trinajstić information content (AvgIpc) is 2.32. The van der Waals surface area contributed by atoms with Crippen molar-refractivity contribution in [2.75, 3.05) is 31.6 Å². The first-order valence-corrected chi connectivity index (χ1v) is 6.58. The lowest BCUT2D eigenvalue weighted by atomic mass is 9.99. The van der Waals surface area contributed by atoms with Gasteiger partial charge in [0.2, 0.25) is 0 Å². The molecule has 1 aliphatic rings. The summed E-state index contributed by atoms with van der Waals surface area (Å²) in [7, 11) is 2.09. The fraction of sp³-hybridized carbons (Fsp3) is 0.533. The lowest BCUT2D eigenvalue weighted by molar-refractivity contribution is 0.101. The summed E-state index contributed by atoms with van der Waals surface area (Å²) < 4.78 is 14.1. The minimum Gasteiger partial charge on any atom is -0.366 e. The predicted molar refractivity (Wildman–Crippen MR) is 75.3 cm³/mol. The quantitative estimate of drug-likeness (QED) is 0.767. The highest BCUT2D eigenvalue weighted by molar-refractivity contribution is 5.94. The Labute approximate surface area is 114 Å². The molecule has 3 nitrogen and oxygen atoms in total. The van der Waals surface area contributed by atoms with Gasteiger partial charge in [0.05, 0.1) is 5.69 Å². The van der Waals surface area contributed by atoms with Gasteiger partial charge in [0.15, 0.2) is 5.78 Å². The fourth-order valence-electron chi connectivity index (χ4n) is 2.43. The first kappa shape index (κ1) is 14.0. The van der Waals surface area contributed by atoms with E-state index in [4.69, 9.17) is 0 Å². The van der Waals surface area contributed by atoms with E-state index in [2.05, 4.69) is 30.7 Å². The molecule has 1 heterocycles. The van der Waals surface area contributed by atoms with Crippen LogP contribution in [-0.2, 0) is 0 Å². The third-order valence-electron chi connectivity index (χ3n) is 4.01. The van der Waals surface area contributed by atoms with Crippen molar-refractivity contribution in [2.45, 2.75) is 26.3 Å². The second-order valence-corrected chi connectivity index (χ2v) is 5.88. The molecule has 104 valence electrons. The standard InChI is InChI=1S/C15H21FN2O/c1-11(19)12-5-6-14(13(16)9-12)18-8-7-17(4)15(2,3)10-18/h5-6,9H,7-8,10H2,1-4H3. The lowest BCUT2D eigenvalue weighted by Gasteiger charge is -2.46. The zero-order valence-corrected chi connectivity index (χ0v) is 12.0. The van der Waals surface area contributed by atoms with Crippen LogP contribution in [0.2, 0.25) is 0 Å².